The number of isothiocyanates is 1. The third-order valence-corrected chi connectivity index (χ3v) is 18.1. The number of carbonyl (C=O) groups is 3. The molecule has 12 rings (SSSR count). The minimum absolute atomic E-state index is 0. The van der Waals surface area contributed by atoms with Crippen LogP contribution in [0.1, 0.15) is 76.4 Å². The number of halogens is 3. The summed E-state index contributed by atoms with van der Waals surface area (Å²) in [7, 11) is 8.75. The summed E-state index contributed by atoms with van der Waals surface area (Å²) in [6.45, 7) is 9.71. The van der Waals surface area contributed by atoms with Crippen molar-refractivity contribution in [1.29, 1.82) is 0 Å². The summed E-state index contributed by atoms with van der Waals surface area (Å²) in [5.74, 6) is 3.02. The first-order valence-corrected chi connectivity index (χ1v) is 37.5. The number of anilines is 3. The van der Waals surface area contributed by atoms with E-state index in [1.54, 1.807) is 102 Å². The van der Waals surface area contributed by atoms with Gasteiger partial charge in [-0.3, -0.25) is 24.5 Å². The van der Waals surface area contributed by atoms with E-state index in [2.05, 4.69) is 43.4 Å². The molecule has 29 heteroatoms. The van der Waals surface area contributed by atoms with E-state index in [9.17, 15) is 34.1 Å². The number of amides is 1. The summed E-state index contributed by atoms with van der Waals surface area (Å²) in [5.41, 5.74) is 21.5. The first kappa shape index (κ1) is 95.2. The second-order valence-electron chi connectivity index (χ2n) is 23.4. The first-order chi connectivity index (χ1) is 53.7. The van der Waals surface area contributed by atoms with Gasteiger partial charge in [0, 0.05) is 63.0 Å². The number of nitrogens with zero attached hydrogens (tertiary/aromatic N) is 3. The predicted octanol–water partition coefficient (Wildman–Crippen LogP) is 16.1. The number of benzene rings is 9. The normalized spacial score (nSPS) is 9.83. The maximum Gasteiger partial charge on any atom is 1.00 e. The number of methoxy groups -OCH3 is 5. The van der Waals surface area contributed by atoms with Crippen molar-refractivity contribution in [3.63, 3.8) is 0 Å². The van der Waals surface area contributed by atoms with Gasteiger partial charge in [-0.1, -0.05) is 209 Å². The van der Waals surface area contributed by atoms with Gasteiger partial charge in [-0.05, 0) is 129 Å². The average molecular weight is 1720 g/mol. The van der Waals surface area contributed by atoms with Gasteiger partial charge in [-0.15, -0.1) is 11.3 Å². The number of ketones is 2. The van der Waals surface area contributed by atoms with Gasteiger partial charge < -0.3 is 54.4 Å². The molecule has 0 saturated heterocycles. The number of nitro groups is 1. The molecule has 12 aromatic rings. The molecule has 582 valence electrons. The fourth-order valence-corrected chi connectivity index (χ4v) is 12.6. The Balaban J connectivity index is 0.000000284. The number of nitrogens with two attached hydrogens (primary N) is 2. The number of para-hydroxylation sites is 7. The van der Waals surface area contributed by atoms with Crippen molar-refractivity contribution in [2.75, 3.05) is 59.0 Å². The molecule has 0 atom stereocenters. The van der Waals surface area contributed by atoms with Crippen molar-refractivity contribution < 1.29 is 86.5 Å². The van der Waals surface area contributed by atoms with E-state index >= 15 is 0 Å². The second kappa shape index (κ2) is 49.4. The molecule has 0 unspecified atom stereocenters. The first-order valence-electron chi connectivity index (χ1n) is 33.5. The number of aromatic nitrogens is 1. The smallest absolute Gasteiger partial charge is 0.857 e. The summed E-state index contributed by atoms with van der Waals surface area (Å²) >= 11 is 30.9. The zero-order chi connectivity index (χ0) is 82.6. The molecule has 0 aliphatic rings. The Labute approximate surface area is 714 Å². The number of nitrogen functional groups attached to an aromatic ring is 1. The van der Waals surface area contributed by atoms with Crippen molar-refractivity contribution in [2.24, 2.45) is 10.7 Å². The number of thiazole rings is 1. The maximum atomic E-state index is 12.4. The number of aliphatic imine (C=N–C) groups is 1. The topological polar surface area (TPSA) is 313 Å². The number of ether oxygens (including phenoxy) is 5. The summed E-state index contributed by atoms with van der Waals surface area (Å²) in [6, 6.07) is 59.9. The number of nitro benzene ring substituents is 1. The fourth-order valence-electron chi connectivity index (χ4n) is 10.6. The second-order valence-corrected chi connectivity index (χ2v) is 26.9. The number of hydrogen-bond acceptors (Lipinski definition) is 22. The Morgan fingerprint density at radius 1 is 0.593 bits per heavy atom. The minimum Gasteiger partial charge on any atom is -0.857 e. The van der Waals surface area contributed by atoms with Crippen LogP contribution in [0.3, 0.4) is 0 Å². The SMILES string of the molecule is COc1c(C)cccc1CC(=S)CC(=O)c1ccccc1.COc1c(C)cccc1CC(N)=S.COc1c(C)cccc1N.COc1c(C)cccc1Nc1nc(-c2cc3cccc(Cl)c3oc2=O)cs1.COc1c(C)cccc1[N+](=O)[O-].C[O-].O=C(CBr)c1cc2cccc(Cl)c2oc1=O.O=C(N=C=S)c1ccccc1.[Na+]. The number of rotatable bonds is 19. The van der Waals surface area contributed by atoms with Crippen LogP contribution in [0.4, 0.5) is 22.2 Å². The fraction of sp³-hybridized carbons (Fsp3) is 0.179. The van der Waals surface area contributed by atoms with Crippen LogP contribution in [0.15, 0.2) is 229 Å². The monoisotopic (exact) mass is 1710 g/mol. The molecule has 0 aliphatic heterocycles. The number of thiocarbonyl (C=S) groups is 3. The third kappa shape index (κ3) is 28.8. The Hall–Kier alpha value is -10.2. The molecule has 9 aromatic carbocycles. The molecule has 5 N–H and O–H groups in total. The zero-order valence-corrected chi connectivity index (χ0v) is 72.2. The van der Waals surface area contributed by atoms with Crippen LogP contribution in [-0.2, 0) is 12.8 Å². The van der Waals surface area contributed by atoms with Gasteiger partial charge in [0.2, 0.25) is 0 Å². The molecule has 21 nitrogen and oxygen atoms in total. The van der Waals surface area contributed by atoms with Gasteiger partial charge in [-0.25, -0.2) is 14.6 Å². The summed E-state index contributed by atoms with van der Waals surface area (Å²) < 4.78 is 36.5. The Morgan fingerprint density at radius 2 is 1.04 bits per heavy atom. The Bertz CT molecular complexity index is 5400. The van der Waals surface area contributed by atoms with E-state index in [1.807, 2.05) is 160 Å². The van der Waals surface area contributed by atoms with Gasteiger partial charge >= 0.3 is 46.5 Å². The van der Waals surface area contributed by atoms with Gasteiger partial charge in [-0.2, -0.15) is 12.1 Å². The van der Waals surface area contributed by atoms with Gasteiger partial charge in [0.1, 0.15) is 28.6 Å². The Morgan fingerprint density at radius 3 is 1.52 bits per heavy atom. The van der Waals surface area contributed by atoms with Gasteiger partial charge in [0.25, 0.3) is 5.91 Å². The summed E-state index contributed by atoms with van der Waals surface area (Å²) in [6.07, 6.45) is 1.47. The number of aryl methyl sites for hydroxylation is 5. The number of fused-ring (bicyclic) bond motifs is 2. The molecule has 3 heterocycles. The van der Waals surface area contributed by atoms with E-state index in [-0.39, 0.29) is 70.0 Å². The van der Waals surface area contributed by atoms with E-state index < -0.39 is 16.2 Å². The molecule has 0 spiro atoms. The molecule has 0 radical (unpaired) electrons. The molecule has 113 heavy (non-hydrogen) atoms. The van der Waals surface area contributed by atoms with E-state index in [4.69, 9.17) is 96.7 Å². The van der Waals surface area contributed by atoms with Crippen LogP contribution in [-0.4, -0.2) is 90.4 Å². The van der Waals surface area contributed by atoms with Crippen LogP contribution >= 0.6 is 87.1 Å². The summed E-state index contributed by atoms with van der Waals surface area (Å²) in [5, 5.41) is 28.7. The number of alkyl halides is 1. The van der Waals surface area contributed by atoms with Crippen molar-refractivity contribution in [3.05, 3.63) is 302 Å². The number of nitrogens with one attached hydrogen (secondary N) is 1. The molecule has 3 aromatic heterocycles. The predicted molar refractivity (Wildman–Crippen MR) is 461 cm³/mol. The quantitative estimate of drug-likeness (QED) is 0.00779. The largest absolute Gasteiger partial charge is 1.00 e. The molecule has 0 bridgehead atoms. The van der Waals surface area contributed by atoms with Crippen LogP contribution < -0.4 is 86.4 Å². The maximum absolute atomic E-state index is 12.4. The molecule has 1 amide bonds. The van der Waals surface area contributed by atoms with Crippen LogP contribution in [0.5, 0.6) is 28.7 Å². The molecule has 0 fully saturated rings. The molecular formula is C84H80BrCl2N6NaO15S4. The number of Topliss-reactive ketones (excluding diaryl/α,β-unsaturated/α-hetero) is 2. The van der Waals surface area contributed by atoms with Gasteiger partial charge in [0.05, 0.1) is 88.6 Å². The number of hydrogen-bond donors (Lipinski definition) is 3. The van der Waals surface area contributed by atoms with Crippen molar-refractivity contribution in [1.82, 2.24) is 4.98 Å². The van der Waals surface area contributed by atoms with E-state index in [1.165, 1.54) is 30.6 Å². The molecule has 0 saturated carbocycles. The molecular weight excluding hydrogens is 1640 g/mol. The molecule has 0 aliphatic carbocycles. The van der Waals surface area contributed by atoms with E-state index in [0.717, 1.165) is 85.0 Å². The Kier molecular flexibility index (Phi) is 41.6. The van der Waals surface area contributed by atoms with Crippen LogP contribution in [0, 0.1) is 44.7 Å². The van der Waals surface area contributed by atoms with E-state index in [0.29, 0.717) is 83.4 Å². The van der Waals surface area contributed by atoms with Crippen molar-refractivity contribution in [3.8, 4) is 40.0 Å². The summed E-state index contributed by atoms with van der Waals surface area (Å²) in [4.78, 5) is 77.5. The number of carbonyl (C=O) groups excluding carboxylic acids is 3. The van der Waals surface area contributed by atoms with Crippen LogP contribution in [0.25, 0.3) is 33.2 Å². The third-order valence-electron chi connectivity index (χ3n) is 15.7. The van der Waals surface area contributed by atoms with Crippen LogP contribution in [0.2, 0.25) is 10.0 Å². The van der Waals surface area contributed by atoms with Crippen molar-refractivity contribution >= 4 is 164 Å². The average Bonchev–Trinajstić information content (AvgIpc) is 1.77. The zero-order valence-electron chi connectivity index (χ0n) is 63.8. The van der Waals surface area contributed by atoms with Gasteiger partial charge in [0.15, 0.2) is 33.6 Å². The standard InChI is InChI=1S/C20H15ClN2O3S.C18H18O2S.C11H6BrClO3.C10H13NOS.C8H9NO3.C8H5NOS.C8H11NO.CH3O.Na/c1-11-5-3-8-15(17(11)25-2)22-20-23-16(10-27-20)13-9-12-6-4-7-14(21)18(12)26-19(13)24;1-13-7-6-10-15(18(13)20-2)11-16(21)12-17(19)14-8-4-3-5-9-14;12-5-9(14)7-4-6-2-1-3-8(13)10(6)16-11(7)15;1-7-4-3-5-8(6-9(11)13)10(7)12-2;1-6-4-3-5-7(9(10)11)8(6)12-2;10-8(9-6-11)7-4-2-1-3-5-7;1-6-4-3-5-7(9)8(6)10-2;1-2;/h3-10H,1-2H3,(H,22,23);3-10H,11-12H2,1-2H3;1-4H,5H2;3-5H,6H2,1-2H3,(H2,11,13);3-5H,1-2H3;1-5H;3-5H,9H2,1-2H3;1H3;/q;;;;;;;-1;+1. The van der Waals surface area contributed by atoms with Crippen molar-refractivity contribution in [2.45, 2.75) is 53.9 Å². The minimum atomic E-state index is -0.662.